The van der Waals surface area contributed by atoms with Crippen LogP contribution in [0.25, 0.3) is 38.2 Å². The normalized spacial score (nSPS) is 11.7. The van der Waals surface area contributed by atoms with Crippen molar-refractivity contribution in [3.05, 3.63) is 77.6 Å². The van der Waals surface area contributed by atoms with Crippen molar-refractivity contribution in [2.24, 2.45) is 0 Å². The molecule has 0 saturated carbocycles. The van der Waals surface area contributed by atoms with Gasteiger partial charge in [-0.2, -0.15) is 0 Å². The molecule has 0 atom stereocenters. The number of benzene rings is 3. The number of fused-ring (bicyclic) bond motifs is 4. The summed E-state index contributed by atoms with van der Waals surface area (Å²) < 4.78 is 7.38. The van der Waals surface area contributed by atoms with Crippen LogP contribution in [0.2, 0.25) is 0 Å². The third kappa shape index (κ3) is 1.88. The van der Waals surface area contributed by atoms with Crippen molar-refractivity contribution < 1.29 is 4.74 Å². The maximum Gasteiger partial charge on any atom is 0.264 e. The van der Waals surface area contributed by atoms with E-state index in [4.69, 9.17) is 9.72 Å². The van der Waals surface area contributed by atoms with Crippen LogP contribution in [0.1, 0.15) is 0 Å². The molecule has 0 spiro atoms. The minimum absolute atomic E-state index is 0.0727. The molecule has 0 amide bonds. The van der Waals surface area contributed by atoms with E-state index in [1.165, 1.54) is 0 Å². The zero-order chi connectivity index (χ0) is 17.0. The summed E-state index contributed by atoms with van der Waals surface area (Å²) in [7, 11) is 0. The maximum absolute atomic E-state index is 13.2. The fraction of sp³-hybridized carbons (Fsp3) is 0.0476. The monoisotopic (exact) mass is 326 g/mol. The number of ether oxygens (including phenoxy) is 1. The Morgan fingerprint density at radius 2 is 1.96 bits per heavy atom. The van der Waals surface area contributed by atoms with Crippen molar-refractivity contribution in [1.82, 2.24) is 9.38 Å². The van der Waals surface area contributed by atoms with Gasteiger partial charge in [0.15, 0.2) is 0 Å². The van der Waals surface area contributed by atoms with Gasteiger partial charge in [0.25, 0.3) is 5.56 Å². The number of rotatable bonds is 3. The smallest absolute Gasteiger partial charge is 0.264 e. The van der Waals surface area contributed by atoms with Gasteiger partial charge in [-0.15, -0.1) is 0 Å². The van der Waals surface area contributed by atoms with Crippen LogP contribution >= 0.6 is 0 Å². The number of para-hydroxylation sites is 2. The quantitative estimate of drug-likeness (QED) is 0.468. The van der Waals surface area contributed by atoms with Crippen molar-refractivity contribution in [2.45, 2.75) is 0 Å². The second-order valence-electron chi connectivity index (χ2n) is 6.04. The molecule has 0 bridgehead atoms. The molecule has 0 aliphatic heterocycles. The van der Waals surface area contributed by atoms with E-state index >= 15 is 0 Å². The highest BCUT2D eigenvalue weighted by Crippen LogP contribution is 2.32. The Bertz CT molecular complexity index is 1330. The van der Waals surface area contributed by atoms with Gasteiger partial charge in [-0.05, 0) is 29.7 Å². The molecular weight excluding hydrogens is 312 g/mol. The Kier molecular flexibility index (Phi) is 2.82. The van der Waals surface area contributed by atoms with E-state index in [1.54, 1.807) is 10.5 Å². The zero-order valence-corrected chi connectivity index (χ0v) is 13.4. The highest BCUT2D eigenvalue weighted by Gasteiger charge is 2.16. The molecule has 5 aromatic rings. The number of aromatic nitrogens is 2. The largest absolute Gasteiger partial charge is 0.490 e. The number of hydrogen-bond donors (Lipinski definition) is 0. The SMILES string of the molecule is C=CCOc1cc2cccc3c2c(c1)c(=O)n1c2ccccc2nc31. The van der Waals surface area contributed by atoms with Crippen LogP contribution < -0.4 is 10.3 Å². The van der Waals surface area contributed by atoms with Gasteiger partial charge in [-0.3, -0.25) is 9.20 Å². The van der Waals surface area contributed by atoms with Gasteiger partial charge in [0.2, 0.25) is 0 Å². The minimum atomic E-state index is -0.0727. The average Bonchev–Trinajstić information content (AvgIpc) is 3.04. The van der Waals surface area contributed by atoms with E-state index in [1.807, 2.05) is 54.6 Å². The molecular formula is C21H14N2O2. The van der Waals surface area contributed by atoms with Gasteiger partial charge in [0.1, 0.15) is 18.0 Å². The molecule has 0 fully saturated rings. The predicted molar refractivity (Wildman–Crippen MR) is 101 cm³/mol. The molecule has 25 heavy (non-hydrogen) atoms. The second-order valence-corrected chi connectivity index (χ2v) is 6.04. The Balaban J connectivity index is 2.03. The lowest BCUT2D eigenvalue weighted by molar-refractivity contribution is 0.364. The van der Waals surface area contributed by atoms with Gasteiger partial charge in [-0.1, -0.05) is 43.0 Å². The summed E-state index contributed by atoms with van der Waals surface area (Å²) in [5.41, 5.74) is 2.27. The van der Waals surface area contributed by atoms with E-state index in [9.17, 15) is 4.79 Å². The minimum Gasteiger partial charge on any atom is -0.490 e. The molecule has 0 radical (unpaired) electrons. The van der Waals surface area contributed by atoms with Gasteiger partial charge in [-0.25, -0.2) is 4.98 Å². The highest BCUT2D eigenvalue weighted by atomic mass is 16.5. The lowest BCUT2D eigenvalue weighted by Crippen LogP contribution is -2.13. The number of imidazole rings is 1. The van der Waals surface area contributed by atoms with Crippen molar-refractivity contribution in [3.8, 4) is 5.75 Å². The first-order valence-electron chi connectivity index (χ1n) is 8.11. The second kappa shape index (κ2) is 5.05. The van der Waals surface area contributed by atoms with Crippen molar-refractivity contribution in [3.63, 3.8) is 0 Å². The van der Waals surface area contributed by atoms with Crippen LogP contribution in [0.4, 0.5) is 0 Å². The van der Waals surface area contributed by atoms with Crippen molar-refractivity contribution >= 4 is 38.2 Å². The van der Waals surface area contributed by atoms with Gasteiger partial charge < -0.3 is 4.74 Å². The van der Waals surface area contributed by atoms with E-state index in [0.717, 1.165) is 27.2 Å². The number of pyridine rings is 1. The molecule has 4 nitrogen and oxygen atoms in total. The standard InChI is InChI=1S/C21H14N2O2/c1-2-10-25-14-11-13-6-5-7-15-19(13)16(12-14)21(24)23-18-9-4-3-8-17(18)22-20(15)23/h2-9,11-12H,1,10H2. The molecule has 2 aromatic heterocycles. The average molecular weight is 326 g/mol. The van der Waals surface area contributed by atoms with Gasteiger partial charge >= 0.3 is 0 Å². The summed E-state index contributed by atoms with van der Waals surface area (Å²) in [4.78, 5) is 17.9. The maximum atomic E-state index is 13.2. The van der Waals surface area contributed by atoms with E-state index < -0.39 is 0 Å². The molecule has 0 saturated heterocycles. The summed E-state index contributed by atoms with van der Waals surface area (Å²) in [5, 5.41) is 3.52. The summed E-state index contributed by atoms with van der Waals surface area (Å²) in [6, 6.07) is 17.5. The molecule has 0 aliphatic carbocycles. The molecule has 0 unspecified atom stereocenters. The first kappa shape index (κ1) is 14.0. The number of hydrogen-bond acceptors (Lipinski definition) is 3. The molecule has 4 heteroatoms. The molecule has 0 aliphatic rings. The third-order valence-electron chi connectivity index (χ3n) is 4.55. The number of nitrogens with zero attached hydrogens (tertiary/aromatic N) is 2. The zero-order valence-electron chi connectivity index (χ0n) is 13.4. The lowest BCUT2D eigenvalue weighted by atomic mass is 10.0. The Morgan fingerprint density at radius 1 is 1.08 bits per heavy atom. The predicted octanol–water partition coefficient (Wildman–Crippen LogP) is 4.16. The van der Waals surface area contributed by atoms with E-state index in [2.05, 4.69) is 6.58 Å². The Hall–Kier alpha value is -3.40. The summed E-state index contributed by atoms with van der Waals surface area (Å²) in [5.74, 6) is 0.667. The third-order valence-corrected chi connectivity index (χ3v) is 4.55. The Morgan fingerprint density at radius 3 is 2.84 bits per heavy atom. The molecule has 0 N–H and O–H groups in total. The Labute approximate surface area is 142 Å². The van der Waals surface area contributed by atoms with Crippen molar-refractivity contribution in [2.75, 3.05) is 6.61 Å². The fourth-order valence-electron chi connectivity index (χ4n) is 3.53. The fourth-order valence-corrected chi connectivity index (χ4v) is 3.53. The summed E-state index contributed by atoms with van der Waals surface area (Å²) >= 11 is 0. The topological polar surface area (TPSA) is 43.6 Å². The molecule has 5 rings (SSSR count). The molecule has 2 heterocycles. The summed E-state index contributed by atoms with van der Waals surface area (Å²) in [6.45, 7) is 4.07. The van der Waals surface area contributed by atoms with Crippen LogP contribution in [0.15, 0.2) is 72.0 Å². The molecule has 120 valence electrons. The van der Waals surface area contributed by atoms with Crippen molar-refractivity contribution in [1.29, 1.82) is 0 Å². The highest BCUT2D eigenvalue weighted by molar-refractivity contribution is 6.15. The first-order valence-corrected chi connectivity index (χ1v) is 8.11. The molecule has 3 aromatic carbocycles. The van der Waals surface area contributed by atoms with E-state index in [-0.39, 0.29) is 5.56 Å². The first-order chi connectivity index (χ1) is 12.3. The van der Waals surface area contributed by atoms with Crippen LogP contribution in [0.5, 0.6) is 5.75 Å². The lowest BCUT2D eigenvalue weighted by Gasteiger charge is -2.10. The van der Waals surface area contributed by atoms with E-state index in [0.29, 0.717) is 23.4 Å². The van der Waals surface area contributed by atoms with Crippen LogP contribution in [0.3, 0.4) is 0 Å². The van der Waals surface area contributed by atoms with Gasteiger partial charge in [0, 0.05) is 10.8 Å². The van der Waals surface area contributed by atoms with Crippen LogP contribution in [0, 0.1) is 0 Å². The van der Waals surface area contributed by atoms with Crippen LogP contribution in [-0.4, -0.2) is 16.0 Å². The van der Waals surface area contributed by atoms with Crippen LogP contribution in [-0.2, 0) is 0 Å². The van der Waals surface area contributed by atoms with Gasteiger partial charge in [0.05, 0.1) is 16.4 Å². The summed E-state index contributed by atoms with van der Waals surface area (Å²) in [6.07, 6.45) is 1.69.